The number of benzene rings is 1. The molecule has 0 aliphatic heterocycles. The van der Waals surface area contributed by atoms with Crippen molar-refractivity contribution in [1.82, 2.24) is 19.3 Å². The zero-order valence-electron chi connectivity index (χ0n) is 10.8. The van der Waals surface area contributed by atoms with Crippen molar-refractivity contribution < 1.29 is 4.74 Å². The summed E-state index contributed by atoms with van der Waals surface area (Å²) in [4.78, 5) is 3.19. The van der Waals surface area contributed by atoms with Crippen molar-refractivity contribution in [2.45, 2.75) is 6.54 Å². The molecule has 6 heteroatoms. The summed E-state index contributed by atoms with van der Waals surface area (Å²) in [7, 11) is 3.56. The van der Waals surface area contributed by atoms with Crippen LogP contribution >= 0.6 is 12.2 Å². The molecule has 0 radical (unpaired) electrons. The highest BCUT2D eigenvalue weighted by Gasteiger charge is 2.09. The van der Waals surface area contributed by atoms with E-state index in [1.807, 2.05) is 42.1 Å². The van der Waals surface area contributed by atoms with Crippen LogP contribution in [-0.4, -0.2) is 26.4 Å². The fraction of sp³-hybridized carbons (Fsp3) is 0.231. The third kappa shape index (κ3) is 2.04. The molecule has 1 N–H and O–H groups in total. The average Bonchev–Trinajstić information content (AvgIpc) is 2.94. The molecule has 1 aromatic carbocycles. The number of methoxy groups -OCH3 is 1. The smallest absolute Gasteiger partial charge is 0.178 e. The van der Waals surface area contributed by atoms with Crippen molar-refractivity contribution in [3.63, 3.8) is 0 Å². The standard InChI is InChI=1S/C13H14N4OS/c1-16-7-6-9(15-16)8-17-10-4-3-5-11(18-2)12(10)14-13(17)19/h3-7H,8H2,1-2H3,(H,14,19). The molecule has 2 heterocycles. The van der Waals surface area contributed by atoms with E-state index < -0.39 is 0 Å². The van der Waals surface area contributed by atoms with Gasteiger partial charge in [-0.05, 0) is 30.4 Å². The van der Waals surface area contributed by atoms with Gasteiger partial charge in [0.2, 0.25) is 0 Å². The number of para-hydroxylation sites is 1. The van der Waals surface area contributed by atoms with Crippen LogP contribution in [0.3, 0.4) is 0 Å². The second kappa shape index (κ2) is 4.55. The Hall–Kier alpha value is -2.08. The summed E-state index contributed by atoms with van der Waals surface area (Å²) in [6, 6.07) is 7.88. The molecule has 0 unspecified atom stereocenters. The summed E-state index contributed by atoms with van der Waals surface area (Å²) in [5, 5.41) is 4.38. The van der Waals surface area contributed by atoms with Crippen LogP contribution in [0.2, 0.25) is 0 Å². The molecule has 0 saturated heterocycles. The summed E-state index contributed by atoms with van der Waals surface area (Å²) < 4.78 is 9.82. The second-order valence-corrected chi connectivity index (χ2v) is 4.74. The van der Waals surface area contributed by atoms with E-state index in [4.69, 9.17) is 17.0 Å². The van der Waals surface area contributed by atoms with E-state index in [0.717, 1.165) is 22.5 Å². The minimum absolute atomic E-state index is 0.646. The molecule has 2 aromatic heterocycles. The number of fused-ring (bicyclic) bond motifs is 1. The quantitative estimate of drug-likeness (QED) is 0.746. The molecule has 19 heavy (non-hydrogen) atoms. The monoisotopic (exact) mass is 274 g/mol. The molecule has 0 aliphatic rings. The first-order valence-corrected chi connectivity index (χ1v) is 6.34. The van der Waals surface area contributed by atoms with Crippen molar-refractivity contribution in [2.24, 2.45) is 7.05 Å². The SMILES string of the molecule is COc1cccc2c1[nH]c(=S)n2Cc1ccn(C)n1. The molecule has 0 aliphatic carbocycles. The number of aromatic nitrogens is 4. The molecule has 0 amide bonds. The number of hydrogen-bond acceptors (Lipinski definition) is 3. The molecule has 5 nitrogen and oxygen atoms in total. The molecule has 0 saturated carbocycles. The van der Waals surface area contributed by atoms with Gasteiger partial charge in [-0.25, -0.2) is 0 Å². The van der Waals surface area contributed by atoms with Gasteiger partial charge in [-0.3, -0.25) is 4.68 Å². The molecular weight excluding hydrogens is 260 g/mol. The van der Waals surface area contributed by atoms with E-state index in [-0.39, 0.29) is 0 Å². The van der Waals surface area contributed by atoms with Gasteiger partial charge in [-0.15, -0.1) is 0 Å². The van der Waals surface area contributed by atoms with Gasteiger partial charge in [0, 0.05) is 13.2 Å². The van der Waals surface area contributed by atoms with Crippen molar-refractivity contribution in [2.75, 3.05) is 7.11 Å². The van der Waals surface area contributed by atoms with Gasteiger partial charge in [0.25, 0.3) is 0 Å². The number of aromatic amines is 1. The molecule has 0 bridgehead atoms. The predicted molar refractivity (Wildman–Crippen MR) is 76.0 cm³/mol. The van der Waals surface area contributed by atoms with E-state index in [9.17, 15) is 0 Å². The lowest BCUT2D eigenvalue weighted by atomic mass is 10.3. The van der Waals surface area contributed by atoms with Crippen LogP contribution in [0, 0.1) is 4.77 Å². The van der Waals surface area contributed by atoms with Gasteiger partial charge >= 0.3 is 0 Å². The number of rotatable bonds is 3. The average molecular weight is 274 g/mol. The van der Waals surface area contributed by atoms with Gasteiger partial charge in [0.15, 0.2) is 4.77 Å². The van der Waals surface area contributed by atoms with Crippen LogP contribution in [-0.2, 0) is 13.6 Å². The number of nitrogens with one attached hydrogen (secondary N) is 1. The van der Waals surface area contributed by atoms with Crippen LogP contribution in [0.1, 0.15) is 5.69 Å². The van der Waals surface area contributed by atoms with Crippen molar-refractivity contribution in [1.29, 1.82) is 0 Å². The first-order valence-electron chi connectivity index (χ1n) is 5.93. The lowest BCUT2D eigenvalue weighted by molar-refractivity contribution is 0.419. The fourth-order valence-corrected chi connectivity index (χ4v) is 2.46. The summed E-state index contributed by atoms with van der Waals surface area (Å²) in [5.41, 5.74) is 2.92. The maximum absolute atomic E-state index is 5.38. The first-order chi connectivity index (χ1) is 9.19. The Kier molecular flexibility index (Phi) is 2.87. The van der Waals surface area contributed by atoms with Crippen LogP contribution in [0.15, 0.2) is 30.5 Å². The van der Waals surface area contributed by atoms with E-state index in [2.05, 4.69) is 10.1 Å². The lowest BCUT2D eigenvalue weighted by Crippen LogP contribution is -2.01. The van der Waals surface area contributed by atoms with Crippen molar-refractivity contribution >= 4 is 23.3 Å². The maximum atomic E-state index is 5.38. The van der Waals surface area contributed by atoms with E-state index in [0.29, 0.717) is 11.3 Å². The molecule has 0 spiro atoms. The highest BCUT2D eigenvalue weighted by atomic mass is 32.1. The number of H-pyrrole nitrogens is 1. The summed E-state index contributed by atoms with van der Waals surface area (Å²) in [6.07, 6.45) is 1.92. The number of hydrogen-bond donors (Lipinski definition) is 1. The largest absolute Gasteiger partial charge is 0.494 e. The van der Waals surface area contributed by atoms with Gasteiger partial charge in [0.05, 0.1) is 24.9 Å². The first kappa shape index (κ1) is 12.0. The van der Waals surface area contributed by atoms with Gasteiger partial charge in [0.1, 0.15) is 11.3 Å². The predicted octanol–water partition coefficient (Wildman–Crippen LogP) is 2.49. The molecule has 0 atom stereocenters. The highest BCUT2D eigenvalue weighted by Crippen LogP contribution is 2.24. The Balaban J connectivity index is 2.13. The Morgan fingerprint density at radius 3 is 2.89 bits per heavy atom. The van der Waals surface area contributed by atoms with E-state index in [1.165, 1.54) is 0 Å². The highest BCUT2D eigenvalue weighted by molar-refractivity contribution is 7.71. The molecule has 0 fully saturated rings. The van der Waals surface area contributed by atoms with Gasteiger partial charge in [-0.1, -0.05) is 6.07 Å². The molecule has 98 valence electrons. The van der Waals surface area contributed by atoms with Crippen LogP contribution < -0.4 is 4.74 Å². The third-order valence-corrected chi connectivity index (χ3v) is 3.40. The Morgan fingerprint density at radius 1 is 1.37 bits per heavy atom. The van der Waals surface area contributed by atoms with Crippen molar-refractivity contribution in [3.8, 4) is 5.75 Å². The molecule has 3 rings (SSSR count). The molecular formula is C13H14N4OS. The minimum Gasteiger partial charge on any atom is -0.494 e. The summed E-state index contributed by atoms with van der Waals surface area (Å²) >= 11 is 5.38. The minimum atomic E-state index is 0.646. The van der Waals surface area contributed by atoms with Crippen LogP contribution in [0.25, 0.3) is 11.0 Å². The van der Waals surface area contributed by atoms with Crippen molar-refractivity contribution in [3.05, 3.63) is 40.9 Å². The maximum Gasteiger partial charge on any atom is 0.178 e. The third-order valence-electron chi connectivity index (χ3n) is 3.08. The fourth-order valence-electron chi connectivity index (χ4n) is 2.19. The lowest BCUT2D eigenvalue weighted by Gasteiger charge is -2.03. The Morgan fingerprint density at radius 2 is 2.21 bits per heavy atom. The number of imidazole rings is 1. The second-order valence-electron chi connectivity index (χ2n) is 4.35. The van der Waals surface area contributed by atoms with E-state index in [1.54, 1.807) is 11.8 Å². The Bertz CT molecular complexity index is 783. The summed E-state index contributed by atoms with van der Waals surface area (Å²) in [5.74, 6) is 0.795. The van der Waals surface area contributed by atoms with E-state index >= 15 is 0 Å². The van der Waals surface area contributed by atoms with Gasteiger partial charge < -0.3 is 14.3 Å². The summed E-state index contributed by atoms with van der Waals surface area (Å²) in [6.45, 7) is 0.646. The number of ether oxygens (including phenoxy) is 1. The normalized spacial score (nSPS) is 11.1. The zero-order valence-corrected chi connectivity index (χ0v) is 11.6. The van der Waals surface area contributed by atoms with Gasteiger partial charge in [-0.2, -0.15) is 5.10 Å². The van der Waals surface area contributed by atoms with Crippen LogP contribution in [0.4, 0.5) is 0 Å². The zero-order chi connectivity index (χ0) is 13.4. The number of nitrogens with zero attached hydrogens (tertiary/aromatic N) is 3. The number of aryl methyl sites for hydroxylation is 1. The Labute approximate surface area is 115 Å². The molecule has 3 aromatic rings. The van der Waals surface area contributed by atoms with Crippen LogP contribution in [0.5, 0.6) is 5.75 Å². The topological polar surface area (TPSA) is 47.8 Å².